The van der Waals surface area contributed by atoms with E-state index in [0.29, 0.717) is 12.1 Å². The number of benzene rings is 1. The van der Waals surface area contributed by atoms with Crippen molar-refractivity contribution in [3.05, 3.63) is 35.4 Å². The molecule has 0 aliphatic carbocycles. The minimum atomic E-state index is 0.523. The van der Waals surface area contributed by atoms with Gasteiger partial charge in [-0.15, -0.1) is 0 Å². The molecule has 0 bridgehead atoms. The van der Waals surface area contributed by atoms with Gasteiger partial charge >= 0.3 is 0 Å². The predicted molar refractivity (Wildman–Crippen MR) is 72.5 cm³/mol. The van der Waals surface area contributed by atoms with Gasteiger partial charge in [0.05, 0.1) is 13.2 Å². The Balaban J connectivity index is 1.91. The van der Waals surface area contributed by atoms with Crippen molar-refractivity contribution in [1.29, 1.82) is 0 Å². The second kappa shape index (κ2) is 5.39. The van der Waals surface area contributed by atoms with Crippen LogP contribution in [0, 0.1) is 0 Å². The largest absolute Gasteiger partial charge is 0.379 e. The summed E-state index contributed by atoms with van der Waals surface area (Å²) < 4.78 is 5.56. The highest BCUT2D eigenvalue weighted by Gasteiger charge is 2.29. The molecule has 1 aromatic rings. The highest BCUT2D eigenvalue weighted by molar-refractivity contribution is 5.31. The quantitative estimate of drug-likeness (QED) is 0.819. The molecule has 1 N–H and O–H groups in total. The number of hydrogen-bond acceptors (Lipinski definition) is 3. The first-order valence-electron chi connectivity index (χ1n) is 6.98. The number of morpholine rings is 1. The topological polar surface area (TPSA) is 24.5 Å². The fourth-order valence-electron chi connectivity index (χ4n) is 3.19. The summed E-state index contributed by atoms with van der Waals surface area (Å²) in [5.41, 5.74) is 2.97. The van der Waals surface area contributed by atoms with Crippen LogP contribution in [0.15, 0.2) is 24.3 Å². The predicted octanol–water partition coefficient (Wildman–Crippen LogP) is 1.94. The molecule has 0 saturated carbocycles. The van der Waals surface area contributed by atoms with Gasteiger partial charge in [0, 0.05) is 25.2 Å². The van der Waals surface area contributed by atoms with Crippen molar-refractivity contribution in [1.82, 2.24) is 10.2 Å². The molecule has 2 aliphatic heterocycles. The Labute approximate surface area is 109 Å². The van der Waals surface area contributed by atoms with Gasteiger partial charge in [0.15, 0.2) is 0 Å². The summed E-state index contributed by atoms with van der Waals surface area (Å²) in [6.45, 7) is 7.18. The van der Waals surface area contributed by atoms with E-state index >= 15 is 0 Å². The van der Waals surface area contributed by atoms with Crippen LogP contribution in [0.5, 0.6) is 0 Å². The standard InChI is InChI=1S/C15H22N2O/c1-12-11-18-9-8-17(12)15-6-7-16-10-13-4-2-3-5-14(13)15/h2-5,12,15-16H,6-11H2,1H3. The molecule has 1 fully saturated rings. The molecule has 2 aliphatic rings. The Morgan fingerprint density at radius 1 is 1.33 bits per heavy atom. The average molecular weight is 246 g/mol. The maximum absolute atomic E-state index is 5.56. The van der Waals surface area contributed by atoms with E-state index in [4.69, 9.17) is 4.74 Å². The summed E-state index contributed by atoms with van der Waals surface area (Å²) >= 11 is 0. The summed E-state index contributed by atoms with van der Waals surface area (Å²) in [6, 6.07) is 9.94. The van der Waals surface area contributed by atoms with Crippen LogP contribution >= 0.6 is 0 Å². The summed E-state index contributed by atoms with van der Waals surface area (Å²) in [7, 11) is 0. The molecule has 3 heteroatoms. The Morgan fingerprint density at radius 2 is 2.22 bits per heavy atom. The second-order valence-corrected chi connectivity index (χ2v) is 5.34. The summed E-state index contributed by atoms with van der Waals surface area (Å²) in [5.74, 6) is 0. The fraction of sp³-hybridized carbons (Fsp3) is 0.600. The van der Waals surface area contributed by atoms with Crippen molar-refractivity contribution in [3.63, 3.8) is 0 Å². The number of nitrogens with zero attached hydrogens (tertiary/aromatic N) is 1. The Kier molecular flexibility index (Phi) is 3.64. The van der Waals surface area contributed by atoms with E-state index in [1.807, 2.05) is 0 Å². The summed E-state index contributed by atoms with van der Waals surface area (Å²) in [4.78, 5) is 2.62. The molecule has 0 aromatic heterocycles. The van der Waals surface area contributed by atoms with E-state index in [9.17, 15) is 0 Å². The average Bonchev–Trinajstić information content (AvgIpc) is 2.62. The van der Waals surface area contributed by atoms with Gasteiger partial charge < -0.3 is 10.1 Å². The molecular weight excluding hydrogens is 224 g/mol. The van der Waals surface area contributed by atoms with Crippen LogP contribution in [0.25, 0.3) is 0 Å². The monoisotopic (exact) mass is 246 g/mol. The zero-order chi connectivity index (χ0) is 12.4. The SMILES string of the molecule is CC1COCCN1C1CCNCc2ccccc21. The molecule has 1 aromatic carbocycles. The van der Waals surface area contributed by atoms with E-state index in [0.717, 1.165) is 32.8 Å². The number of nitrogens with one attached hydrogen (secondary N) is 1. The lowest BCUT2D eigenvalue weighted by Crippen LogP contribution is -2.45. The smallest absolute Gasteiger partial charge is 0.0620 e. The number of fused-ring (bicyclic) bond motifs is 1. The van der Waals surface area contributed by atoms with Gasteiger partial charge in [-0.2, -0.15) is 0 Å². The normalized spacial score (nSPS) is 29.6. The highest BCUT2D eigenvalue weighted by atomic mass is 16.5. The van der Waals surface area contributed by atoms with E-state index in [2.05, 4.69) is 41.4 Å². The third kappa shape index (κ3) is 2.30. The van der Waals surface area contributed by atoms with Crippen LogP contribution in [0.2, 0.25) is 0 Å². The van der Waals surface area contributed by atoms with Crippen molar-refractivity contribution in [2.75, 3.05) is 26.3 Å². The minimum absolute atomic E-state index is 0.523. The van der Waals surface area contributed by atoms with Gasteiger partial charge in [-0.25, -0.2) is 0 Å². The summed E-state index contributed by atoms with van der Waals surface area (Å²) in [5, 5.41) is 3.53. The van der Waals surface area contributed by atoms with E-state index in [-0.39, 0.29) is 0 Å². The number of ether oxygens (including phenoxy) is 1. The number of rotatable bonds is 1. The van der Waals surface area contributed by atoms with Crippen molar-refractivity contribution >= 4 is 0 Å². The van der Waals surface area contributed by atoms with Crippen LogP contribution in [0.1, 0.15) is 30.5 Å². The first-order chi connectivity index (χ1) is 8.86. The maximum atomic E-state index is 5.56. The third-order valence-corrected chi connectivity index (χ3v) is 4.14. The van der Waals surface area contributed by atoms with Crippen LogP contribution in [0.3, 0.4) is 0 Å². The van der Waals surface area contributed by atoms with Gasteiger partial charge in [0.25, 0.3) is 0 Å². The first kappa shape index (κ1) is 12.2. The third-order valence-electron chi connectivity index (χ3n) is 4.14. The van der Waals surface area contributed by atoms with Crippen LogP contribution in [-0.4, -0.2) is 37.2 Å². The lowest BCUT2D eigenvalue weighted by molar-refractivity contribution is -0.0239. The molecule has 0 amide bonds. The molecule has 3 rings (SSSR count). The van der Waals surface area contributed by atoms with Gasteiger partial charge in [-0.05, 0) is 31.0 Å². The molecule has 0 radical (unpaired) electrons. The molecule has 18 heavy (non-hydrogen) atoms. The molecule has 2 atom stereocenters. The van der Waals surface area contributed by atoms with Crippen LogP contribution in [0.4, 0.5) is 0 Å². The maximum Gasteiger partial charge on any atom is 0.0620 e. The Bertz CT molecular complexity index is 407. The fourth-order valence-corrected chi connectivity index (χ4v) is 3.19. The van der Waals surface area contributed by atoms with E-state index in [1.165, 1.54) is 17.5 Å². The molecule has 98 valence electrons. The molecule has 2 unspecified atom stereocenters. The molecule has 2 heterocycles. The zero-order valence-corrected chi connectivity index (χ0v) is 11.1. The second-order valence-electron chi connectivity index (χ2n) is 5.34. The molecule has 1 saturated heterocycles. The highest BCUT2D eigenvalue weighted by Crippen LogP contribution is 2.31. The Morgan fingerprint density at radius 3 is 3.11 bits per heavy atom. The van der Waals surface area contributed by atoms with E-state index < -0.39 is 0 Å². The van der Waals surface area contributed by atoms with Gasteiger partial charge in [0.1, 0.15) is 0 Å². The van der Waals surface area contributed by atoms with Gasteiger partial charge in [-0.3, -0.25) is 4.90 Å². The lowest BCUT2D eigenvalue weighted by atomic mass is 9.96. The van der Waals surface area contributed by atoms with Crippen molar-refractivity contribution in [2.45, 2.75) is 32.0 Å². The first-order valence-corrected chi connectivity index (χ1v) is 6.98. The molecule has 0 spiro atoms. The van der Waals surface area contributed by atoms with E-state index in [1.54, 1.807) is 0 Å². The van der Waals surface area contributed by atoms with Gasteiger partial charge in [-0.1, -0.05) is 24.3 Å². The molecular formula is C15H22N2O. The van der Waals surface area contributed by atoms with Crippen LogP contribution < -0.4 is 5.32 Å². The zero-order valence-electron chi connectivity index (χ0n) is 11.1. The lowest BCUT2D eigenvalue weighted by Gasteiger charge is -2.39. The summed E-state index contributed by atoms with van der Waals surface area (Å²) in [6.07, 6.45) is 1.20. The van der Waals surface area contributed by atoms with Crippen molar-refractivity contribution < 1.29 is 4.74 Å². The molecule has 3 nitrogen and oxygen atoms in total. The Hall–Kier alpha value is -0.900. The number of hydrogen-bond donors (Lipinski definition) is 1. The minimum Gasteiger partial charge on any atom is -0.379 e. The van der Waals surface area contributed by atoms with Crippen molar-refractivity contribution in [3.8, 4) is 0 Å². The van der Waals surface area contributed by atoms with Crippen molar-refractivity contribution in [2.24, 2.45) is 0 Å². The van der Waals surface area contributed by atoms with Crippen LogP contribution in [-0.2, 0) is 11.3 Å². The van der Waals surface area contributed by atoms with Gasteiger partial charge in [0.2, 0.25) is 0 Å².